The molecule has 2 atom stereocenters. The van der Waals surface area contributed by atoms with Gasteiger partial charge in [-0.3, -0.25) is 4.79 Å². The molecule has 0 amide bonds. The second-order valence-electron chi connectivity index (χ2n) is 4.45. The van der Waals surface area contributed by atoms with E-state index in [-0.39, 0.29) is 6.42 Å². The largest absolute Gasteiger partial charge is 0.481 e. The second-order valence-corrected chi connectivity index (χ2v) is 4.45. The summed E-state index contributed by atoms with van der Waals surface area (Å²) in [5.41, 5.74) is 0. The molecule has 2 unspecified atom stereocenters. The summed E-state index contributed by atoms with van der Waals surface area (Å²) in [6, 6.07) is 0. The zero-order valence-electron chi connectivity index (χ0n) is 11.0. The average Bonchev–Trinajstić information content (AvgIpc) is 2.74. The quantitative estimate of drug-likeness (QED) is 0.738. The van der Waals surface area contributed by atoms with Crippen LogP contribution in [0.2, 0.25) is 0 Å². The van der Waals surface area contributed by atoms with Crippen LogP contribution in [0, 0.1) is 5.92 Å². The summed E-state index contributed by atoms with van der Waals surface area (Å²) < 4.78 is 6.75. The van der Waals surface area contributed by atoms with Crippen molar-refractivity contribution in [1.29, 1.82) is 0 Å². The van der Waals surface area contributed by atoms with Gasteiger partial charge in [-0.15, -0.1) is 5.10 Å². The summed E-state index contributed by atoms with van der Waals surface area (Å²) in [5, 5.41) is 20.2. The molecule has 1 rings (SSSR count). The molecule has 0 bridgehead atoms. The van der Waals surface area contributed by atoms with Crippen LogP contribution in [0.3, 0.4) is 0 Å². The third kappa shape index (κ3) is 4.40. The Labute approximate surface area is 106 Å². The number of tetrazole rings is 1. The first-order valence-corrected chi connectivity index (χ1v) is 6.06. The van der Waals surface area contributed by atoms with Gasteiger partial charge < -0.3 is 9.84 Å². The van der Waals surface area contributed by atoms with E-state index < -0.39 is 12.1 Å². The molecule has 0 spiro atoms. The topological polar surface area (TPSA) is 90.1 Å². The van der Waals surface area contributed by atoms with E-state index in [0.717, 1.165) is 18.7 Å². The third-order valence-electron chi connectivity index (χ3n) is 2.95. The molecule has 0 aliphatic carbocycles. The van der Waals surface area contributed by atoms with Crippen molar-refractivity contribution < 1.29 is 14.6 Å². The number of aromatic nitrogens is 4. The minimum absolute atomic E-state index is 0.0564. The van der Waals surface area contributed by atoms with Crippen molar-refractivity contribution in [3.8, 4) is 0 Å². The van der Waals surface area contributed by atoms with Gasteiger partial charge in [0.25, 0.3) is 0 Å². The van der Waals surface area contributed by atoms with E-state index in [1.165, 1.54) is 7.11 Å². The molecule has 1 aromatic heterocycles. The number of nitrogens with zero attached hydrogens (tertiary/aromatic N) is 4. The fraction of sp³-hybridized carbons (Fsp3) is 0.818. The molecule has 0 radical (unpaired) electrons. The Kier molecular flexibility index (Phi) is 5.70. The van der Waals surface area contributed by atoms with Crippen molar-refractivity contribution in [2.75, 3.05) is 7.11 Å². The molecule has 0 saturated heterocycles. The molecular formula is C11H20N4O3. The maximum Gasteiger partial charge on any atom is 0.306 e. The van der Waals surface area contributed by atoms with Gasteiger partial charge in [-0.2, -0.15) is 0 Å². The summed E-state index contributed by atoms with van der Waals surface area (Å²) >= 11 is 0. The maximum atomic E-state index is 10.7. The van der Waals surface area contributed by atoms with Gasteiger partial charge >= 0.3 is 5.97 Å². The van der Waals surface area contributed by atoms with E-state index in [4.69, 9.17) is 9.84 Å². The van der Waals surface area contributed by atoms with E-state index in [1.807, 2.05) is 0 Å². The lowest BCUT2D eigenvalue weighted by molar-refractivity contribution is -0.140. The maximum absolute atomic E-state index is 10.7. The first kappa shape index (κ1) is 14.6. The normalized spacial score (nSPS) is 14.4. The molecule has 0 aliphatic rings. The first-order valence-electron chi connectivity index (χ1n) is 6.06. The number of ether oxygens (including phenoxy) is 1. The standard InChI is InChI=1S/C11H20N4O3/c1-4-8(2)5-10-12-13-14-15(10)7-9(18-3)6-11(16)17/h8-9H,4-7H2,1-3H3,(H,16,17). The lowest BCUT2D eigenvalue weighted by Crippen LogP contribution is -2.24. The van der Waals surface area contributed by atoms with Gasteiger partial charge in [0.2, 0.25) is 0 Å². The van der Waals surface area contributed by atoms with Gasteiger partial charge in [0.05, 0.1) is 19.1 Å². The summed E-state index contributed by atoms with van der Waals surface area (Å²) in [4.78, 5) is 10.7. The Balaban J connectivity index is 2.65. The summed E-state index contributed by atoms with van der Waals surface area (Å²) in [6.45, 7) is 4.60. The zero-order valence-corrected chi connectivity index (χ0v) is 11.0. The molecule has 1 N–H and O–H groups in total. The third-order valence-corrected chi connectivity index (χ3v) is 2.95. The number of carboxylic acid groups (broad SMARTS) is 1. The smallest absolute Gasteiger partial charge is 0.306 e. The lowest BCUT2D eigenvalue weighted by Gasteiger charge is -2.14. The predicted molar refractivity (Wildman–Crippen MR) is 64.0 cm³/mol. The van der Waals surface area contributed by atoms with Gasteiger partial charge in [0, 0.05) is 13.5 Å². The van der Waals surface area contributed by atoms with Crippen LogP contribution in [0.5, 0.6) is 0 Å². The van der Waals surface area contributed by atoms with Gasteiger partial charge in [0.15, 0.2) is 5.82 Å². The van der Waals surface area contributed by atoms with E-state index in [2.05, 4.69) is 29.4 Å². The predicted octanol–water partition coefficient (Wildman–Crippen LogP) is 0.751. The number of carbonyl (C=O) groups is 1. The van der Waals surface area contributed by atoms with E-state index >= 15 is 0 Å². The second kappa shape index (κ2) is 7.05. The monoisotopic (exact) mass is 256 g/mol. The molecule has 7 nitrogen and oxygen atoms in total. The van der Waals surface area contributed by atoms with E-state index in [0.29, 0.717) is 12.5 Å². The fourth-order valence-electron chi connectivity index (χ4n) is 1.58. The van der Waals surface area contributed by atoms with Crippen molar-refractivity contribution in [3.63, 3.8) is 0 Å². The van der Waals surface area contributed by atoms with Crippen molar-refractivity contribution >= 4 is 5.97 Å². The van der Waals surface area contributed by atoms with Crippen LogP contribution in [0.1, 0.15) is 32.5 Å². The van der Waals surface area contributed by atoms with Crippen LogP contribution in [0.15, 0.2) is 0 Å². The average molecular weight is 256 g/mol. The van der Waals surface area contributed by atoms with Crippen LogP contribution in [0.25, 0.3) is 0 Å². The zero-order chi connectivity index (χ0) is 13.5. The minimum atomic E-state index is -0.890. The van der Waals surface area contributed by atoms with Gasteiger partial charge in [0.1, 0.15) is 0 Å². The van der Waals surface area contributed by atoms with Crippen molar-refractivity contribution in [2.45, 2.75) is 45.8 Å². The van der Waals surface area contributed by atoms with Crippen LogP contribution >= 0.6 is 0 Å². The highest BCUT2D eigenvalue weighted by Crippen LogP contribution is 2.10. The molecule has 18 heavy (non-hydrogen) atoms. The molecular weight excluding hydrogens is 236 g/mol. The molecule has 1 heterocycles. The number of methoxy groups -OCH3 is 1. The van der Waals surface area contributed by atoms with Crippen molar-refractivity contribution in [1.82, 2.24) is 20.2 Å². The van der Waals surface area contributed by atoms with Crippen LogP contribution in [-0.4, -0.2) is 44.5 Å². The Hall–Kier alpha value is -1.50. The molecule has 7 heteroatoms. The van der Waals surface area contributed by atoms with Crippen molar-refractivity contribution in [3.05, 3.63) is 5.82 Å². The van der Waals surface area contributed by atoms with Crippen LogP contribution < -0.4 is 0 Å². The van der Waals surface area contributed by atoms with E-state index in [9.17, 15) is 4.79 Å². The molecule has 0 aromatic carbocycles. The molecule has 0 fully saturated rings. The van der Waals surface area contributed by atoms with E-state index in [1.54, 1.807) is 4.68 Å². The number of hydrogen-bond donors (Lipinski definition) is 1. The fourth-order valence-corrected chi connectivity index (χ4v) is 1.58. The van der Waals surface area contributed by atoms with Crippen LogP contribution in [-0.2, 0) is 22.5 Å². The number of aliphatic carboxylic acids is 1. The molecule has 1 aromatic rings. The highest BCUT2D eigenvalue weighted by Gasteiger charge is 2.17. The number of rotatable bonds is 8. The van der Waals surface area contributed by atoms with Crippen LogP contribution in [0.4, 0.5) is 0 Å². The SMILES string of the molecule is CCC(C)Cc1nnnn1CC(CC(=O)O)OC. The van der Waals surface area contributed by atoms with Gasteiger partial charge in [-0.25, -0.2) is 4.68 Å². The highest BCUT2D eigenvalue weighted by molar-refractivity contribution is 5.67. The van der Waals surface area contributed by atoms with Gasteiger partial charge in [-0.1, -0.05) is 20.3 Å². The number of hydrogen-bond acceptors (Lipinski definition) is 5. The first-order chi connectivity index (χ1) is 8.56. The highest BCUT2D eigenvalue weighted by atomic mass is 16.5. The Morgan fingerprint density at radius 2 is 2.28 bits per heavy atom. The Bertz CT molecular complexity index is 380. The molecule has 0 saturated carbocycles. The Morgan fingerprint density at radius 1 is 1.56 bits per heavy atom. The molecule has 102 valence electrons. The number of carboxylic acids is 1. The summed E-state index contributed by atoms with van der Waals surface area (Å²) in [7, 11) is 1.49. The summed E-state index contributed by atoms with van der Waals surface area (Å²) in [6.07, 6.45) is 1.36. The minimum Gasteiger partial charge on any atom is -0.481 e. The summed E-state index contributed by atoms with van der Waals surface area (Å²) in [5.74, 6) is 0.380. The lowest BCUT2D eigenvalue weighted by atomic mass is 10.1. The molecule has 0 aliphatic heterocycles. The van der Waals surface area contributed by atoms with Gasteiger partial charge in [-0.05, 0) is 16.3 Å². The Morgan fingerprint density at radius 3 is 2.83 bits per heavy atom. The van der Waals surface area contributed by atoms with Crippen molar-refractivity contribution in [2.24, 2.45) is 5.92 Å².